The molecule has 0 aliphatic heterocycles. The van der Waals surface area contributed by atoms with Gasteiger partial charge >= 0.3 is 0 Å². The smallest absolute Gasteiger partial charge is 0.141 e. The molecule has 1 heterocycles. The van der Waals surface area contributed by atoms with Crippen LogP contribution in [0.1, 0.15) is 11.1 Å². The number of aromatic nitrogens is 1. The molecule has 1 aromatic heterocycles. The number of carbonyl (C=O) groups is 1. The standard InChI is InChI=1S/C22H27N5O4/c23-27-26-7-9-30-11-13-31-12-10-29-8-6-25-22-21(2-1-5-24-22)18-4-3-17-15-20(28)16-19(17)14-18/h1-5,14H,6-13,15-16H2,(H,24,25). The van der Waals surface area contributed by atoms with Gasteiger partial charge in [-0.3, -0.25) is 4.79 Å². The number of pyridine rings is 1. The lowest BCUT2D eigenvalue weighted by atomic mass is 10.0. The molecule has 0 saturated carbocycles. The van der Waals surface area contributed by atoms with Gasteiger partial charge in [0.2, 0.25) is 0 Å². The van der Waals surface area contributed by atoms with Crippen LogP contribution in [-0.2, 0) is 31.8 Å². The summed E-state index contributed by atoms with van der Waals surface area (Å²) < 4.78 is 16.2. The first-order chi connectivity index (χ1) is 15.3. The number of nitrogens with one attached hydrogen (secondary N) is 1. The topological polar surface area (TPSA) is 118 Å². The predicted octanol–water partition coefficient (Wildman–Crippen LogP) is 3.19. The van der Waals surface area contributed by atoms with Crippen LogP contribution in [0.4, 0.5) is 5.82 Å². The van der Waals surface area contributed by atoms with Crippen molar-refractivity contribution in [2.24, 2.45) is 5.11 Å². The van der Waals surface area contributed by atoms with Gasteiger partial charge < -0.3 is 19.5 Å². The van der Waals surface area contributed by atoms with Crippen molar-refractivity contribution in [2.75, 3.05) is 58.0 Å². The second-order valence-electron chi connectivity index (χ2n) is 6.99. The van der Waals surface area contributed by atoms with Gasteiger partial charge in [-0.05, 0) is 34.4 Å². The van der Waals surface area contributed by atoms with Crippen LogP contribution >= 0.6 is 0 Å². The Bertz CT molecular complexity index is 915. The average molecular weight is 425 g/mol. The van der Waals surface area contributed by atoms with Crippen LogP contribution in [0, 0.1) is 0 Å². The summed E-state index contributed by atoms with van der Waals surface area (Å²) in [5.74, 6) is 1.07. The highest BCUT2D eigenvalue weighted by atomic mass is 16.5. The number of ether oxygens (including phenoxy) is 3. The zero-order valence-corrected chi connectivity index (χ0v) is 17.5. The lowest BCUT2D eigenvalue weighted by Crippen LogP contribution is -2.15. The molecule has 1 N–H and O–H groups in total. The van der Waals surface area contributed by atoms with Crippen LogP contribution in [0.3, 0.4) is 0 Å². The van der Waals surface area contributed by atoms with E-state index in [1.807, 2.05) is 24.3 Å². The fourth-order valence-electron chi connectivity index (χ4n) is 3.33. The summed E-state index contributed by atoms with van der Waals surface area (Å²) in [5, 5.41) is 6.71. The summed E-state index contributed by atoms with van der Waals surface area (Å²) in [6.07, 6.45) is 2.81. The summed E-state index contributed by atoms with van der Waals surface area (Å²) in [5.41, 5.74) is 12.4. The maximum atomic E-state index is 11.7. The summed E-state index contributed by atoms with van der Waals surface area (Å²) in [4.78, 5) is 18.8. The van der Waals surface area contributed by atoms with Crippen molar-refractivity contribution in [1.82, 2.24) is 4.98 Å². The average Bonchev–Trinajstić information content (AvgIpc) is 3.16. The van der Waals surface area contributed by atoms with Crippen LogP contribution in [0.15, 0.2) is 41.6 Å². The number of benzene rings is 1. The number of hydrogen-bond acceptors (Lipinski definition) is 7. The van der Waals surface area contributed by atoms with Crippen molar-refractivity contribution < 1.29 is 19.0 Å². The maximum absolute atomic E-state index is 11.7. The zero-order chi connectivity index (χ0) is 21.7. The van der Waals surface area contributed by atoms with Gasteiger partial charge in [-0.15, -0.1) is 0 Å². The van der Waals surface area contributed by atoms with Gasteiger partial charge in [-0.2, -0.15) is 0 Å². The van der Waals surface area contributed by atoms with Crippen molar-refractivity contribution >= 4 is 11.6 Å². The normalized spacial score (nSPS) is 12.5. The molecule has 1 aromatic carbocycles. The molecule has 0 fully saturated rings. The van der Waals surface area contributed by atoms with E-state index in [1.165, 1.54) is 0 Å². The minimum absolute atomic E-state index is 0.274. The Morgan fingerprint density at radius 2 is 1.74 bits per heavy atom. The molecule has 0 saturated heterocycles. The van der Waals surface area contributed by atoms with E-state index in [9.17, 15) is 4.79 Å². The van der Waals surface area contributed by atoms with Gasteiger partial charge in [0.1, 0.15) is 11.6 Å². The molecular formula is C22H27N5O4. The van der Waals surface area contributed by atoms with E-state index in [0.29, 0.717) is 65.6 Å². The van der Waals surface area contributed by atoms with E-state index in [0.717, 1.165) is 28.1 Å². The molecule has 0 atom stereocenters. The van der Waals surface area contributed by atoms with Crippen LogP contribution in [0.5, 0.6) is 0 Å². The molecule has 0 bridgehead atoms. The highest BCUT2D eigenvalue weighted by Crippen LogP contribution is 2.30. The number of Topliss-reactive ketones (excluding diaryl/α,β-unsaturated/α-hetero) is 1. The van der Waals surface area contributed by atoms with E-state index < -0.39 is 0 Å². The van der Waals surface area contributed by atoms with Gasteiger partial charge in [-0.1, -0.05) is 23.3 Å². The quantitative estimate of drug-likeness (QED) is 0.215. The van der Waals surface area contributed by atoms with Gasteiger partial charge in [0.25, 0.3) is 0 Å². The van der Waals surface area contributed by atoms with Gasteiger partial charge in [0, 0.05) is 42.6 Å². The Labute approximate surface area is 181 Å². The summed E-state index contributed by atoms with van der Waals surface area (Å²) in [7, 11) is 0. The van der Waals surface area contributed by atoms with Gasteiger partial charge in [0.05, 0.1) is 39.6 Å². The molecular weight excluding hydrogens is 398 g/mol. The third-order valence-corrected chi connectivity index (χ3v) is 4.78. The monoisotopic (exact) mass is 425 g/mol. The fourth-order valence-corrected chi connectivity index (χ4v) is 3.33. The van der Waals surface area contributed by atoms with E-state index in [1.54, 1.807) is 6.20 Å². The predicted molar refractivity (Wildman–Crippen MR) is 117 cm³/mol. The number of hydrogen-bond donors (Lipinski definition) is 1. The molecule has 9 nitrogen and oxygen atoms in total. The molecule has 1 aliphatic rings. The highest BCUT2D eigenvalue weighted by Gasteiger charge is 2.19. The zero-order valence-electron chi connectivity index (χ0n) is 17.5. The van der Waals surface area contributed by atoms with E-state index in [2.05, 4.69) is 26.4 Å². The number of carbonyl (C=O) groups excluding carboxylic acids is 1. The minimum atomic E-state index is 0.274. The molecule has 9 heteroatoms. The van der Waals surface area contributed by atoms with E-state index >= 15 is 0 Å². The van der Waals surface area contributed by atoms with Crippen LogP contribution in [-0.4, -0.2) is 63.5 Å². The van der Waals surface area contributed by atoms with E-state index in [4.69, 9.17) is 19.7 Å². The Hall–Kier alpha value is -2.97. The fraction of sp³-hybridized carbons (Fsp3) is 0.455. The van der Waals surface area contributed by atoms with Gasteiger partial charge in [-0.25, -0.2) is 4.98 Å². The van der Waals surface area contributed by atoms with Crippen LogP contribution in [0.2, 0.25) is 0 Å². The van der Waals surface area contributed by atoms with Crippen molar-refractivity contribution in [2.45, 2.75) is 12.8 Å². The minimum Gasteiger partial charge on any atom is -0.379 e. The third kappa shape index (κ3) is 7.34. The first-order valence-corrected chi connectivity index (χ1v) is 10.3. The van der Waals surface area contributed by atoms with Crippen molar-refractivity contribution in [3.8, 4) is 11.1 Å². The Balaban J connectivity index is 1.34. The number of rotatable bonds is 14. The van der Waals surface area contributed by atoms with Crippen LogP contribution < -0.4 is 5.32 Å². The van der Waals surface area contributed by atoms with Crippen molar-refractivity contribution in [1.29, 1.82) is 0 Å². The number of anilines is 1. The number of ketones is 1. The number of azide groups is 1. The van der Waals surface area contributed by atoms with Gasteiger partial charge in [0.15, 0.2) is 0 Å². The number of fused-ring (bicyclic) bond motifs is 1. The molecule has 0 amide bonds. The van der Waals surface area contributed by atoms with Crippen molar-refractivity contribution in [3.05, 3.63) is 58.1 Å². The molecule has 164 valence electrons. The largest absolute Gasteiger partial charge is 0.379 e. The second-order valence-corrected chi connectivity index (χ2v) is 6.99. The Kier molecular flexibility index (Phi) is 9.28. The SMILES string of the molecule is [N-]=[N+]=NCCOCCOCCOCCNc1ncccc1-c1ccc2c(c1)CC(=O)C2. The first-order valence-electron chi connectivity index (χ1n) is 10.3. The summed E-state index contributed by atoms with van der Waals surface area (Å²) in [6.45, 7) is 3.79. The summed E-state index contributed by atoms with van der Waals surface area (Å²) in [6, 6.07) is 10.1. The molecule has 0 radical (unpaired) electrons. The molecule has 31 heavy (non-hydrogen) atoms. The lowest BCUT2D eigenvalue weighted by molar-refractivity contribution is -0.117. The summed E-state index contributed by atoms with van der Waals surface area (Å²) >= 11 is 0. The Morgan fingerprint density at radius 1 is 1.00 bits per heavy atom. The first kappa shape index (κ1) is 22.7. The molecule has 2 aromatic rings. The molecule has 0 spiro atoms. The number of nitrogens with zero attached hydrogens (tertiary/aromatic N) is 4. The van der Waals surface area contributed by atoms with Crippen LogP contribution in [0.25, 0.3) is 21.6 Å². The van der Waals surface area contributed by atoms with Crippen molar-refractivity contribution in [3.63, 3.8) is 0 Å². The molecule has 1 aliphatic carbocycles. The van der Waals surface area contributed by atoms with E-state index in [-0.39, 0.29) is 5.78 Å². The molecule has 0 unspecified atom stereocenters. The maximum Gasteiger partial charge on any atom is 0.141 e. The second kappa shape index (κ2) is 12.7. The Morgan fingerprint density at radius 3 is 2.55 bits per heavy atom. The molecule has 3 rings (SSSR count). The third-order valence-electron chi connectivity index (χ3n) is 4.78. The lowest BCUT2D eigenvalue weighted by Gasteiger charge is -2.12. The highest BCUT2D eigenvalue weighted by molar-refractivity contribution is 5.89.